The lowest BCUT2D eigenvalue weighted by Crippen LogP contribution is -2.02. The Balaban J connectivity index is 1.92. The lowest BCUT2D eigenvalue weighted by atomic mass is 10.1. The molecule has 16 heavy (non-hydrogen) atoms. The number of aromatic nitrogens is 2. The summed E-state index contributed by atoms with van der Waals surface area (Å²) in [5.74, 6) is 0. The minimum absolute atomic E-state index is 0.511. The maximum atomic E-state index is 9.89. The maximum Gasteiger partial charge on any atom is 0.0963 e. The van der Waals surface area contributed by atoms with Crippen LogP contribution in [-0.2, 0) is 6.42 Å². The first-order valence-corrected chi connectivity index (χ1v) is 5.35. The van der Waals surface area contributed by atoms with E-state index in [0.29, 0.717) is 6.42 Å². The molecule has 0 saturated carbocycles. The van der Waals surface area contributed by atoms with E-state index in [1.54, 1.807) is 12.4 Å². The zero-order chi connectivity index (χ0) is 11.2. The number of rotatable bonds is 4. The van der Waals surface area contributed by atoms with Gasteiger partial charge in [-0.2, -0.15) is 0 Å². The molecular weight excluding hydrogens is 200 g/mol. The zero-order valence-corrected chi connectivity index (χ0v) is 8.95. The molecule has 2 aromatic heterocycles. The Morgan fingerprint density at radius 1 is 1.00 bits per heavy atom. The van der Waals surface area contributed by atoms with Crippen LogP contribution in [0, 0.1) is 0 Å². The van der Waals surface area contributed by atoms with Crippen LogP contribution < -0.4 is 0 Å². The van der Waals surface area contributed by atoms with E-state index in [9.17, 15) is 5.11 Å². The molecule has 0 spiro atoms. The standard InChI is InChI=1S/C13H14N2O/c16-13(12-6-2-4-10-15-12)8-7-11-5-1-3-9-14-11/h1-6,9-10,13,16H,7-8H2. The minimum Gasteiger partial charge on any atom is -0.387 e. The van der Waals surface area contributed by atoms with Gasteiger partial charge in [-0.15, -0.1) is 0 Å². The van der Waals surface area contributed by atoms with E-state index < -0.39 is 6.10 Å². The first kappa shape index (κ1) is 10.8. The van der Waals surface area contributed by atoms with Gasteiger partial charge in [0.05, 0.1) is 11.8 Å². The average molecular weight is 214 g/mol. The van der Waals surface area contributed by atoms with E-state index in [1.165, 1.54) is 0 Å². The van der Waals surface area contributed by atoms with Gasteiger partial charge in [0.2, 0.25) is 0 Å². The smallest absolute Gasteiger partial charge is 0.0963 e. The Hall–Kier alpha value is -1.74. The molecule has 0 radical (unpaired) electrons. The number of aliphatic hydroxyl groups excluding tert-OH is 1. The Labute approximate surface area is 94.8 Å². The van der Waals surface area contributed by atoms with Crippen molar-refractivity contribution in [3.63, 3.8) is 0 Å². The highest BCUT2D eigenvalue weighted by Gasteiger charge is 2.08. The molecule has 2 rings (SSSR count). The van der Waals surface area contributed by atoms with Crippen LogP contribution >= 0.6 is 0 Å². The van der Waals surface area contributed by atoms with E-state index in [1.807, 2.05) is 36.4 Å². The van der Waals surface area contributed by atoms with Crippen LogP contribution in [0.2, 0.25) is 0 Å². The number of aryl methyl sites for hydroxylation is 1. The molecule has 2 aromatic rings. The summed E-state index contributed by atoms with van der Waals surface area (Å²) in [6.45, 7) is 0. The number of aliphatic hydroxyl groups is 1. The average Bonchev–Trinajstić information content (AvgIpc) is 2.38. The molecule has 0 amide bonds. The van der Waals surface area contributed by atoms with Crippen molar-refractivity contribution < 1.29 is 5.11 Å². The summed E-state index contributed by atoms with van der Waals surface area (Å²) in [6, 6.07) is 11.4. The molecule has 0 aliphatic heterocycles. The summed E-state index contributed by atoms with van der Waals surface area (Å²) in [7, 11) is 0. The fourth-order valence-electron chi connectivity index (χ4n) is 1.55. The molecule has 0 aliphatic carbocycles. The van der Waals surface area contributed by atoms with Gasteiger partial charge in [-0.3, -0.25) is 9.97 Å². The van der Waals surface area contributed by atoms with Gasteiger partial charge in [0.1, 0.15) is 0 Å². The van der Waals surface area contributed by atoms with Crippen LogP contribution in [0.3, 0.4) is 0 Å². The monoisotopic (exact) mass is 214 g/mol. The highest BCUT2D eigenvalue weighted by molar-refractivity contribution is 5.08. The quantitative estimate of drug-likeness (QED) is 0.848. The number of hydrogen-bond donors (Lipinski definition) is 1. The van der Waals surface area contributed by atoms with Crippen LogP contribution in [0.4, 0.5) is 0 Å². The van der Waals surface area contributed by atoms with Crippen LogP contribution in [0.1, 0.15) is 23.9 Å². The van der Waals surface area contributed by atoms with Gasteiger partial charge < -0.3 is 5.11 Å². The molecule has 1 N–H and O–H groups in total. The first-order chi connectivity index (χ1) is 7.86. The van der Waals surface area contributed by atoms with Crippen molar-refractivity contribution in [2.75, 3.05) is 0 Å². The second kappa shape index (κ2) is 5.37. The van der Waals surface area contributed by atoms with Crippen molar-refractivity contribution >= 4 is 0 Å². The predicted molar refractivity (Wildman–Crippen MR) is 61.8 cm³/mol. The highest BCUT2D eigenvalue weighted by Crippen LogP contribution is 2.15. The number of pyridine rings is 2. The van der Waals surface area contributed by atoms with Gasteiger partial charge in [-0.1, -0.05) is 12.1 Å². The summed E-state index contributed by atoms with van der Waals surface area (Å²) < 4.78 is 0. The van der Waals surface area contributed by atoms with Crippen LogP contribution in [0.25, 0.3) is 0 Å². The number of hydrogen-bond acceptors (Lipinski definition) is 3. The van der Waals surface area contributed by atoms with E-state index in [2.05, 4.69) is 9.97 Å². The molecule has 3 heteroatoms. The molecule has 1 unspecified atom stereocenters. The Kier molecular flexibility index (Phi) is 3.62. The molecule has 82 valence electrons. The highest BCUT2D eigenvalue weighted by atomic mass is 16.3. The molecule has 0 fully saturated rings. The third-order valence-corrected chi connectivity index (χ3v) is 2.43. The van der Waals surface area contributed by atoms with Crippen LogP contribution in [-0.4, -0.2) is 15.1 Å². The van der Waals surface area contributed by atoms with Crippen LogP contribution in [0.15, 0.2) is 48.8 Å². The minimum atomic E-state index is -0.511. The second-order valence-electron chi connectivity index (χ2n) is 3.63. The normalized spacial score (nSPS) is 12.3. The third-order valence-electron chi connectivity index (χ3n) is 2.43. The van der Waals surface area contributed by atoms with Gasteiger partial charge in [0.15, 0.2) is 0 Å². The van der Waals surface area contributed by atoms with Crippen molar-refractivity contribution in [1.82, 2.24) is 9.97 Å². The van der Waals surface area contributed by atoms with Crippen molar-refractivity contribution in [2.45, 2.75) is 18.9 Å². The van der Waals surface area contributed by atoms with Crippen molar-refractivity contribution in [3.05, 3.63) is 60.2 Å². The molecule has 0 saturated heterocycles. The molecule has 0 aromatic carbocycles. The predicted octanol–water partition coefficient (Wildman–Crippen LogP) is 2.14. The summed E-state index contributed by atoms with van der Waals surface area (Å²) in [4.78, 5) is 8.33. The molecule has 0 bridgehead atoms. The fraction of sp³-hybridized carbons (Fsp3) is 0.231. The van der Waals surface area contributed by atoms with Crippen molar-refractivity contribution in [3.8, 4) is 0 Å². The van der Waals surface area contributed by atoms with E-state index in [-0.39, 0.29) is 0 Å². The summed E-state index contributed by atoms with van der Waals surface area (Å²) >= 11 is 0. The van der Waals surface area contributed by atoms with Gasteiger partial charge in [-0.25, -0.2) is 0 Å². The fourth-order valence-corrected chi connectivity index (χ4v) is 1.55. The number of nitrogens with zero attached hydrogens (tertiary/aromatic N) is 2. The van der Waals surface area contributed by atoms with Gasteiger partial charge in [0.25, 0.3) is 0 Å². The lowest BCUT2D eigenvalue weighted by Gasteiger charge is -2.08. The lowest BCUT2D eigenvalue weighted by molar-refractivity contribution is 0.163. The zero-order valence-electron chi connectivity index (χ0n) is 8.95. The van der Waals surface area contributed by atoms with E-state index in [0.717, 1.165) is 17.8 Å². The van der Waals surface area contributed by atoms with E-state index >= 15 is 0 Å². The SMILES string of the molecule is OC(CCc1ccccn1)c1ccccn1. The third kappa shape index (κ3) is 2.87. The maximum absolute atomic E-state index is 9.89. The van der Waals surface area contributed by atoms with Gasteiger partial charge >= 0.3 is 0 Å². The molecule has 2 heterocycles. The summed E-state index contributed by atoms with van der Waals surface area (Å²) in [6.07, 6.45) is 4.36. The second-order valence-corrected chi connectivity index (χ2v) is 3.63. The Morgan fingerprint density at radius 3 is 2.38 bits per heavy atom. The molecular formula is C13H14N2O. The first-order valence-electron chi connectivity index (χ1n) is 5.35. The summed E-state index contributed by atoms with van der Waals surface area (Å²) in [5.41, 5.74) is 1.72. The largest absolute Gasteiger partial charge is 0.387 e. The summed E-state index contributed by atoms with van der Waals surface area (Å²) in [5, 5.41) is 9.89. The molecule has 1 atom stereocenters. The van der Waals surface area contributed by atoms with E-state index in [4.69, 9.17) is 0 Å². The van der Waals surface area contributed by atoms with Crippen molar-refractivity contribution in [1.29, 1.82) is 0 Å². The molecule has 3 nitrogen and oxygen atoms in total. The Morgan fingerprint density at radius 2 is 1.75 bits per heavy atom. The van der Waals surface area contributed by atoms with Gasteiger partial charge in [0, 0.05) is 18.1 Å². The topological polar surface area (TPSA) is 46.0 Å². The van der Waals surface area contributed by atoms with Crippen molar-refractivity contribution in [2.24, 2.45) is 0 Å². The van der Waals surface area contributed by atoms with Crippen LogP contribution in [0.5, 0.6) is 0 Å². The van der Waals surface area contributed by atoms with Gasteiger partial charge in [-0.05, 0) is 37.1 Å². The Bertz CT molecular complexity index is 416. The molecule has 0 aliphatic rings.